The van der Waals surface area contributed by atoms with Crippen LogP contribution in [0.15, 0.2) is 126 Å². The molecule has 4 saturated heterocycles. The smallest absolute Gasteiger partial charge is 0.343 e. The molecule has 0 spiro atoms. The van der Waals surface area contributed by atoms with Gasteiger partial charge in [0.15, 0.2) is 52.0 Å². The second-order valence-electron chi connectivity index (χ2n) is 28.1. The molecule has 1 aromatic carbocycles. The van der Waals surface area contributed by atoms with Crippen LogP contribution in [0.4, 0.5) is 17.3 Å². The van der Waals surface area contributed by atoms with Gasteiger partial charge in [0.25, 0.3) is 55.3 Å². The number of imidazole rings is 2. The number of nitrogens with one attached hydrogen (secondary N) is 2. The third-order valence-corrected chi connectivity index (χ3v) is 24.7. The van der Waals surface area contributed by atoms with Crippen LogP contribution in [-0.2, 0) is 113 Å². The van der Waals surface area contributed by atoms with Crippen molar-refractivity contribution in [2.45, 2.75) is 151 Å². The number of rotatable bonds is 37. The number of nitrogens with two attached hydrogens (primary N) is 2. The number of aromatic nitrogens is 16. The van der Waals surface area contributed by atoms with Crippen molar-refractivity contribution in [2.75, 3.05) is 55.9 Å². The number of benzene rings is 1. The lowest BCUT2D eigenvalue weighted by Gasteiger charge is -2.33. The fourth-order valence-corrected chi connectivity index (χ4v) is 18.5. The van der Waals surface area contributed by atoms with Crippen LogP contribution >= 0.6 is 39.1 Å². The van der Waals surface area contributed by atoms with Gasteiger partial charge in [0, 0.05) is 98.6 Å². The summed E-state index contributed by atoms with van der Waals surface area (Å²) in [6.45, 7) is 0.859. The standard InChI is InChI=1S/C65H78N19O34P5S/c1-4-78(5-2)39-10-9-36-18-37(63(87)114-40(36)19-39)8-7-35-11-15-79(52(17-35)124(102,103)104)13-6-14-80-24-38(76-77-80)25-105-56-55(118-123(100,101)108-27-45-41(115-120(93,94)95)20-50(111-45)83-32-72-53-57(66)68-30-70-59(53)83)47(113-62(56)81-16-12-48(85)74-64(81)88)29-109-122(98,99)117-43-22-51(84-33-73-54-58(67)69-31-71-60(54)84)112-46(43)28-107-121(96,97)116-42-21-49(110-44(42)26-106-119(90,91)92)82-23-34(3)61(86)75-65(82)89/h7-12,15-19,23-24,30-33,41-47,49-51,55-56,62H,4-6,13-14,20-22,25-29H2,1-3H3,(H13-,66,67,68,69,70,71,74,75,85,86,88,89,90,91,92,93,94,95,96,97,98,99,100,101,102,103,104)/p-5/t41-,42-,43-,44+,45+,46+,47+,49+,50+,51+,55+,56+,62?/m0/s1. The van der Waals surface area contributed by atoms with E-state index in [4.69, 9.17) is 71.2 Å². The molecule has 59 heteroatoms. The van der Waals surface area contributed by atoms with Gasteiger partial charge < -0.3 is 119 Å². The molecule has 18 atom stereocenters. The van der Waals surface area contributed by atoms with Crippen LogP contribution < -0.4 is 73.5 Å². The number of hydrogen-bond donors (Lipinski definition) is 6. The predicted octanol–water partition coefficient (Wildman–Crippen LogP) is -2.49. The summed E-state index contributed by atoms with van der Waals surface area (Å²) in [5.74, 6) is -0.211. The summed E-state index contributed by atoms with van der Waals surface area (Å²) in [5.41, 5.74) is 8.82. The molecule has 0 aliphatic carbocycles. The van der Waals surface area contributed by atoms with Crippen molar-refractivity contribution in [3.8, 4) is 0 Å². The van der Waals surface area contributed by atoms with Crippen LogP contribution in [0.5, 0.6) is 0 Å². The van der Waals surface area contributed by atoms with Crippen molar-refractivity contribution >= 4 is 112 Å². The zero-order valence-corrected chi connectivity index (χ0v) is 69.8. The quantitative estimate of drug-likeness (QED) is 0.0102. The zero-order valence-electron chi connectivity index (χ0n) is 64.5. The third kappa shape index (κ3) is 21.6. The Morgan fingerprint density at radius 3 is 1.78 bits per heavy atom. The van der Waals surface area contributed by atoms with E-state index in [9.17, 15) is 94.0 Å². The summed E-state index contributed by atoms with van der Waals surface area (Å²) < 4.78 is 190. The summed E-state index contributed by atoms with van der Waals surface area (Å²) in [7, 11) is -34.3. The van der Waals surface area contributed by atoms with Crippen LogP contribution in [0, 0.1) is 6.92 Å². The Hall–Kier alpha value is -9.42. The maximum atomic E-state index is 14.6. The molecule has 8 N–H and O–H groups in total. The topological polar surface area (TPSA) is 735 Å². The van der Waals surface area contributed by atoms with E-state index >= 15 is 0 Å². The number of phosphoric ester groups is 5. The number of pyridine rings is 1. The van der Waals surface area contributed by atoms with E-state index in [0.29, 0.717) is 28.6 Å². The van der Waals surface area contributed by atoms with Crippen molar-refractivity contribution in [2.24, 2.45) is 0 Å². The Labute approximate surface area is 695 Å². The van der Waals surface area contributed by atoms with Crippen LogP contribution in [0.25, 0.3) is 45.4 Å². The van der Waals surface area contributed by atoms with E-state index in [0.717, 1.165) is 58.3 Å². The lowest BCUT2D eigenvalue weighted by molar-refractivity contribution is -0.734. The number of hydrogen-bond acceptors (Lipinski definition) is 43. The van der Waals surface area contributed by atoms with Gasteiger partial charge >= 0.3 is 17.0 Å². The fourth-order valence-electron chi connectivity index (χ4n) is 14.1. The molecule has 6 unspecified atom stereocenters. The van der Waals surface area contributed by atoms with Gasteiger partial charge in [-0.05, 0) is 50.6 Å². The van der Waals surface area contributed by atoms with Crippen LogP contribution in [-0.4, -0.2) is 190 Å². The number of ether oxygens (including phenoxy) is 5. The Kier molecular flexibility index (Phi) is 27.0. The maximum Gasteiger partial charge on any atom is 0.343 e. The van der Waals surface area contributed by atoms with Crippen molar-refractivity contribution in [3.05, 3.63) is 167 Å². The van der Waals surface area contributed by atoms with E-state index in [1.54, 1.807) is 18.2 Å². The zero-order chi connectivity index (χ0) is 88.7. The Morgan fingerprint density at radius 1 is 0.645 bits per heavy atom. The molecule has 668 valence electrons. The number of nitrogen functional groups attached to an aromatic ring is 2. The molecule has 53 nitrogen and oxygen atoms in total. The molecule has 124 heavy (non-hydrogen) atoms. The molecular weight excluding hydrogens is 1780 g/mol. The summed E-state index contributed by atoms with van der Waals surface area (Å²) in [4.78, 5) is 181. The van der Waals surface area contributed by atoms with Gasteiger partial charge in [0.1, 0.15) is 90.3 Å². The molecule has 13 heterocycles. The molecular formula is C65H73N19O34P5S-5. The summed E-state index contributed by atoms with van der Waals surface area (Å²) >= 11 is 0. The monoisotopic (exact) mass is 1850 g/mol. The molecule has 4 aliphatic rings. The lowest BCUT2D eigenvalue weighted by atomic mass is 10.1. The first-order chi connectivity index (χ1) is 58.6. The van der Waals surface area contributed by atoms with Crippen molar-refractivity contribution < 1.29 is 139 Å². The molecule has 9 aromatic heterocycles. The maximum absolute atomic E-state index is 14.6. The van der Waals surface area contributed by atoms with E-state index in [1.807, 2.05) is 29.9 Å². The highest BCUT2D eigenvalue weighted by Gasteiger charge is 2.52. The van der Waals surface area contributed by atoms with Gasteiger partial charge in [-0.3, -0.25) is 65.3 Å². The van der Waals surface area contributed by atoms with Crippen LogP contribution in [0.1, 0.15) is 86.8 Å². The average molecular weight is 1850 g/mol. The van der Waals surface area contributed by atoms with Gasteiger partial charge in [0.05, 0.1) is 75.8 Å². The highest BCUT2D eigenvalue weighted by molar-refractivity contribution is 7.85. The normalized spacial score (nSPS) is 25.0. The van der Waals surface area contributed by atoms with Crippen LogP contribution in [0.3, 0.4) is 0 Å². The van der Waals surface area contributed by atoms with Gasteiger partial charge in [0.2, 0.25) is 0 Å². The number of aryl methyl sites for hydroxylation is 3. The van der Waals surface area contributed by atoms with Crippen molar-refractivity contribution in [1.82, 2.24) is 73.1 Å². The van der Waals surface area contributed by atoms with E-state index in [1.165, 1.54) is 57.7 Å². The number of fused-ring (bicyclic) bond motifs is 3. The Balaban J connectivity index is 0.713. The van der Waals surface area contributed by atoms with Gasteiger partial charge in [-0.1, -0.05) is 11.3 Å². The Bertz CT molecular complexity index is 6370. The lowest BCUT2D eigenvalue weighted by Crippen LogP contribution is -2.41. The first-order valence-electron chi connectivity index (χ1n) is 37.1. The molecule has 14 rings (SSSR count). The molecule has 10 aromatic rings. The fraction of sp³-hybridized carbons (Fsp3) is 0.446. The van der Waals surface area contributed by atoms with Gasteiger partial charge in [-0.25, -0.2) is 52.7 Å². The van der Waals surface area contributed by atoms with E-state index < -0.39 is 215 Å². The largest absolute Gasteiger partial charge is 0.756 e. The van der Waals surface area contributed by atoms with Crippen molar-refractivity contribution in [1.29, 1.82) is 0 Å². The minimum atomic E-state index is -6.09. The first kappa shape index (κ1) is 90.8. The predicted molar refractivity (Wildman–Crippen MR) is 405 cm³/mol. The second kappa shape index (κ2) is 36.9. The second-order valence-corrected chi connectivity index (χ2v) is 35.8. The number of nitrogens with zero attached hydrogens (tertiary/aromatic N) is 15. The minimum Gasteiger partial charge on any atom is -0.756 e. The summed E-state index contributed by atoms with van der Waals surface area (Å²) in [6, 6.07) is 10.4. The summed E-state index contributed by atoms with van der Waals surface area (Å²) in [6.07, 6.45) is -13.3. The third-order valence-electron chi connectivity index (χ3n) is 19.8. The molecule has 4 aliphatic heterocycles. The Morgan fingerprint density at radius 2 is 1.21 bits per heavy atom. The van der Waals surface area contributed by atoms with Crippen LogP contribution in [0.2, 0.25) is 0 Å². The number of phosphoric acid groups is 5. The number of H-pyrrole nitrogens is 2. The first-order valence-corrected chi connectivity index (χ1v) is 45.9. The highest BCUT2D eigenvalue weighted by Crippen LogP contribution is 2.53. The van der Waals surface area contributed by atoms with E-state index in [2.05, 4.69) is 49.6 Å². The average Bonchev–Trinajstić information content (AvgIpc) is 1.62. The van der Waals surface area contributed by atoms with E-state index in [-0.39, 0.29) is 75.9 Å². The van der Waals surface area contributed by atoms with Gasteiger partial charge in [-0.15, -0.1) is 5.10 Å². The molecule has 4 fully saturated rings. The van der Waals surface area contributed by atoms with Gasteiger partial charge in [-0.2, -0.15) is 4.57 Å². The SMILES string of the molecule is CCN(CC)c1ccc2cc(/C=C/c3cc[n+](CCCn4cc(CO[C@H]5C(n6ccc(=O)[nH]c6=O)O[C@H](COP(=O)([O-])O[C@H]6C[C@H](n7cnc8c(N)ncnc87)O[C@@H]6COP(=O)([O-])O[C@H]6C[C@H](n7cc(C)c(=O)[nH]c7=O)O[C@@H]6COP(=O)([O-])O)[C@H]5OP(=O)([O-])OC[C@H]5O[C@@H](n6cnc7c(N)ncnc76)C[C@@H]5OP(=O)([O-])O)nn4)c(S(=O)(=O)[O-])c3)c(=O)oc2c1. The summed E-state index contributed by atoms with van der Waals surface area (Å²) in [5, 5.41) is 8.16. The minimum absolute atomic E-state index is 0.00954. The molecule has 0 bridgehead atoms. The van der Waals surface area contributed by atoms with Crippen molar-refractivity contribution in [3.63, 3.8) is 0 Å². The number of anilines is 3. The molecule has 0 amide bonds. The molecule has 0 radical (unpaired) electrons. The number of aromatic amines is 2. The molecule has 0 saturated carbocycles. The highest BCUT2D eigenvalue weighted by atomic mass is 32.2.